The van der Waals surface area contributed by atoms with Crippen LogP contribution in [0.4, 0.5) is 0 Å². The zero-order valence-electron chi connectivity index (χ0n) is 38.9. The molecule has 1 aliphatic rings. The summed E-state index contributed by atoms with van der Waals surface area (Å²) in [6.45, 7) is 4.24. The van der Waals surface area contributed by atoms with Crippen LogP contribution in [0.1, 0.15) is 206 Å². The number of hydrogen-bond donors (Lipinski definition) is 6. The van der Waals surface area contributed by atoms with Crippen molar-refractivity contribution in [1.82, 2.24) is 0 Å². The van der Waals surface area contributed by atoms with E-state index in [1.165, 1.54) is 109 Å². The molecule has 0 aromatic carbocycles. The number of hydrogen-bond acceptors (Lipinski definition) is 11. The number of aliphatic hydroxyl groups is 5. The fourth-order valence-electron chi connectivity index (χ4n) is 7.54. The Kier molecular flexibility index (Phi) is 37.7. The third kappa shape index (κ3) is 31.4. The Bertz CT molecular complexity index is 1170. The van der Waals surface area contributed by atoms with E-state index in [1.807, 2.05) is 0 Å². The first-order chi connectivity index (χ1) is 30.0. The number of aliphatic hydroxyl groups excluding tert-OH is 5. The van der Waals surface area contributed by atoms with E-state index in [4.69, 9.17) is 18.5 Å². The van der Waals surface area contributed by atoms with Gasteiger partial charge in [0, 0.05) is 13.0 Å². The molecule has 6 atom stereocenters. The summed E-state index contributed by atoms with van der Waals surface area (Å²) in [6, 6.07) is 0. The molecule has 12 nitrogen and oxygen atoms in total. The second kappa shape index (κ2) is 39.9. The highest BCUT2D eigenvalue weighted by atomic mass is 31.2. The molecule has 0 aromatic heterocycles. The van der Waals surface area contributed by atoms with Gasteiger partial charge in [-0.15, -0.1) is 0 Å². The Labute approximate surface area is 376 Å². The van der Waals surface area contributed by atoms with Crippen molar-refractivity contribution in [3.8, 4) is 0 Å². The molecule has 1 aliphatic carbocycles. The quantitative estimate of drug-likeness (QED) is 0.0147. The lowest BCUT2D eigenvalue weighted by Gasteiger charge is -2.41. The van der Waals surface area contributed by atoms with Crippen LogP contribution < -0.4 is 0 Å². The molecule has 6 unspecified atom stereocenters. The molecule has 1 rings (SSSR count). The van der Waals surface area contributed by atoms with Crippen LogP contribution in [0, 0.1) is 0 Å². The van der Waals surface area contributed by atoms with E-state index in [0.29, 0.717) is 13.0 Å². The Morgan fingerprint density at radius 2 is 0.903 bits per heavy atom. The minimum Gasteiger partial charge on any atom is -0.457 e. The van der Waals surface area contributed by atoms with Gasteiger partial charge < -0.3 is 39.9 Å². The number of carbonyl (C=O) groups is 1. The molecule has 1 fully saturated rings. The second-order valence-electron chi connectivity index (χ2n) is 17.3. The normalized spacial score (nSPS) is 22.3. The van der Waals surface area contributed by atoms with Gasteiger partial charge in [0.05, 0.1) is 13.2 Å². The largest absolute Gasteiger partial charge is 0.472 e. The summed E-state index contributed by atoms with van der Waals surface area (Å²) < 4.78 is 34.2. The molecule has 6 N–H and O–H groups in total. The van der Waals surface area contributed by atoms with Crippen LogP contribution in [0.15, 0.2) is 36.5 Å². The summed E-state index contributed by atoms with van der Waals surface area (Å²) in [5.74, 6) is -0.487. The minimum atomic E-state index is -5.02. The molecule has 0 radical (unpaired) electrons. The molecule has 0 amide bonds. The zero-order chi connectivity index (χ0) is 45.5. The zero-order valence-corrected chi connectivity index (χ0v) is 39.8. The van der Waals surface area contributed by atoms with E-state index in [9.17, 15) is 39.8 Å². The van der Waals surface area contributed by atoms with Crippen LogP contribution in [-0.4, -0.2) is 98.9 Å². The maximum absolute atomic E-state index is 12.8. The van der Waals surface area contributed by atoms with Gasteiger partial charge in [0.2, 0.25) is 0 Å². The summed E-state index contributed by atoms with van der Waals surface area (Å²) in [4.78, 5) is 23.2. The Hall–Kier alpha value is -1.44. The van der Waals surface area contributed by atoms with E-state index < -0.39 is 63.1 Å². The summed E-state index contributed by atoms with van der Waals surface area (Å²) in [7, 11) is -5.02. The van der Waals surface area contributed by atoms with Gasteiger partial charge in [-0.05, 0) is 51.4 Å². The van der Waals surface area contributed by atoms with Gasteiger partial charge in [-0.3, -0.25) is 13.8 Å². The number of esters is 1. The highest BCUT2D eigenvalue weighted by Gasteiger charge is 2.51. The molecule has 364 valence electrons. The second-order valence-corrected chi connectivity index (χ2v) is 18.7. The lowest BCUT2D eigenvalue weighted by Crippen LogP contribution is -2.64. The average Bonchev–Trinajstić information content (AvgIpc) is 3.26. The fourth-order valence-corrected chi connectivity index (χ4v) is 8.51. The van der Waals surface area contributed by atoms with E-state index >= 15 is 0 Å². The molecule has 0 saturated heterocycles. The first kappa shape index (κ1) is 58.6. The van der Waals surface area contributed by atoms with Crippen molar-refractivity contribution >= 4 is 13.8 Å². The van der Waals surface area contributed by atoms with Crippen LogP contribution in [0.5, 0.6) is 0 Å². The highest BCUT2D eigenvalue weighted by molar-refractivity contribution is 7.47. The third-order valence-corrected chi connectivity index (χ3v) is 12.5. The Morgan fingerprint density at radius 1 is 0.516 bits per heavy atom. The van der Waals surface area contributed by atoms with Gasteiger partial charge in [-0.1, -0.05) is 185 Å². The predicted molar refractivity (Wildman–Crippen MR) is 249 cm³/mol. The fraction of sp³-hybridized carbons (Fsp3) is 0.857. The smallest absolute Gasteiger partial charge is 0.457 e. The van der Waals surface area contributed by atoms with Crippen LogP contribution in [0.3, 0.4) is 0 Å². The standard InChI is InChI=1S/C49H91O12P/c1-3-5-7-9-11-13-15-17-19-21-22-23-24-26-28-30-32-34-36-38-43(50)60-42(41-59-62(56,57)61-49-47(54)45(52)44(51)46(53)48(49)55)40-58-39-37-35-33-31-29-27-25-20-18-16-14-12-10-8-6-4-2/h11,13,17,19,22-23,42,44-49,51-55H,3-10,12,14-16,18,20-21,24-41H2,1-2H3,(H,56,57)/b13-11-,19-17-,23-22-. The molecule has 0 spiro atoms. The third-order valence-electron chi connectivity index (χ3n) is 11.5. The van der Waals surface area contributed by atoms with Crippen LogP contribution in [-0.2, 0) is 27.9 Å². The lowest BCUT2D eigenvalue weighted by atomic mass is 9.85. The first-order valence-corrected chi connectivity index (χ1v) is 26.3. The number of carbonyl (C=O) groups excluding carboxylic acids is 1. The average molecular weight is 903 g/mol. The van der Waals surface area contributed by atoms with E-state index in [0.717, 1.165) is 70.6 Å². The summed E-state index contributed by atoms with van der Waals surface area (Å²) in [5.41, 5.74) is 0. The van der Waals surface area contributed by atoms with E-state index in [2.05, 4.69) is 50.3 Å². The molecule has 0 aliphatic heterocycles. The van der Waals surface area contributed by atoms with Gasteiger partial charge in [0.25, 0.3) is 0 Å². The van der Waals surface area contributed by atoms with Gasteiger partial charge >= 0.3 is 13.8 Å². The molecule has 1 saturated carbocycles. The number of allylic oxidation sites excluding steroid dienone is 6. The number of unbranched alkanes of at least 4 members (excludes halogenated alkanes) is 24. The van der Waals surface area contributed by atoms with Crippen molar-refractivity contribution in [2.24, 2.45) is 0 Å². The summed E-state index contributed by atoms with van der Waals surface area (Å²) >= 11 is 0. The predicted octanol–water partition coefficient (Wildman–Crippen LogP) is 10.6. The molecular formula is C49H91O12P. The van der Waals surface area contributed by atoms with E-state index in [-0.39, 0.29) is 13.0 Å². The van der Waals surface area contributed by atoms with Crippen molar-refractivity contribution in [3.63, 3.8) is 0 Å². The summed E-state index contributed by atoms with van der Waals surface area (Å²) in [6.07, 6.45) is 34.9. The van der Waals surface area contributed by atoms with Gasteiger partial charge in [-0.25, -0.2) is 4.57 Å². The van der Waals surface area contributed by atoms with Crippen LogP contribution >= 0.6 is 7.82 Å². The monoisotopic (exact) mass is 903 g/mol. The summed E-state index contributed by atoms with van der Waals surface area (Å²) in [5, 5.41) is 50.2. The van der Waals surface area contributed by atoms with Gasteiger partial charge in [0.15, 0.2) is 0 Å². The number of rotatable bonds is 42. The lowest BCUT2D eigenvalue weighted by molar-refractivity contribution is -0.220. The number of ether oxygens (including phenoxy) is 2. The van der Waals surface area contributed by atoms with Crippen molar-refractivity contribution in [1.29, 1.82) is 0 Å². The van der Waals surface area contributed by atoms with Crippen molar-refractivity contribution in [2.45, 2.75) is 249 Å². The maximum atomic E-state index is 12.8. The molecule has 0 bridgehead atoms. The topological polar surface area (TPSA) is 192 Å². The minimum absolute atomic E-state index is 0.0793. The van der Waals surface area contributed by atoms with E-state index in [1.54, 1.807) is 0 Å². The highest BCUT2D eigenvalue weighted by Crippen LogP contribution is 2.47. The molecular weight excluding hydrogens is 812 g/mol. The Morgan fingerprint density at radius 3 is 1.40 bits per heavy atom. The molecule has 13 heteroatoms. The van der Waals surface area contributed by atoms with Crippen LogP contribution in [0.25, 0.3) is 0 Å². The molecule has 62 heavy (non-hydrogen) atoms. The number of phosphoric acid groups is 1. The van der Waals surface area contributed by atoms with Crippen molar-refractivity contribution < 1.29 is 58.3 Å². The van der Waals surface area contributed by atoms with Crippen LogP contribution in [0.2, 0.25) is 0 Å². The first-order valence-electron chi connectivity index (χ1n) is 24.8. The van der Waals surface area contributed by atoms with Crippen molar-refractivity contribution in [2.75, 3.05) is 19.8 Å². The van der Waals surface area contributed by atoms with Crippen molar-refractivity contribution in [3.05, 3.63) is 36.5 Å². The van der Waals surface area contributed by atoms with Gasteiger partial charge in [0.1, 0.15) is 42.7 Å². The SMILES string of the molecule is CCCCC/C=C\C/C=C\C/C=C\CCCCCCCCC(=O)OC(COCCCCCCCCCCCCCCCCCC)COP(=O)(O)OC1C(O)C(O)C(O)C(O)C1O. The Balaban J connectivity index is 2.37. The molecule has 0 heterocycles. The van der Waals surface area contributed by atoms with Gasteiger partial charge in [-0.2, -0.15) is 0 Å². The maximum Gasteiger partial charge on any atom is 0.472 e. The number of phosphoric ester groups is 1. The molecule has 0 aromatic rings.